The molecule has 0 aliphatic heterocycles. The first-order valence-corrected chi connectivity index (χ1v) is 12.9. The summed E-state index contributed by atoms with van der Waals surface area (Å²) in [6.07, 6.45) is 16.6. The summed E-state index contributed by atoms with van der Waals surface area (Å²) < 4.78 is 7.51. The van der Waals surface area contributed by atoms with Crippen molar-refractivity contribution >= 4 is 0 Å². The summed E-state index contributed by atoms with van der Waals surface area (Å²) in [6, 6.07) is 2.22. The molecule has 4 aliphatic rings. The molecule has 0 spiro atoms. The molecule has 4 aliphatic carbocycles. The fraction of sp³-hybridized carbons (Fsp3) is 0.852. The van der Waals surface area contributed by atoms with Gasteiger partial charge in [0.25, 0.3) is 0 Å². The Hall–Kier alpha value is -1.34. The fourth-order valence-electron chi connectivity index (χ4n) is 9.26. The van der Waals surface area contributed by atoms with Gasteiger partial charge >= 0.3 is 0 Å². The number of methoxy groups -OCH3 is 1. The zero-order chi connectivity index (χ0) is 21.6. The summed E-state index contributed by atoms with van der Waals surface area (Å²) in [6.45, 7) is 7.01. The number of hydrogen-bond donors (Lipinski definition) is 0. The molecular formula is C27H41N3O. The van der Waals surface area contributed by atoms with Gasteiger partial charge in [-0.2, -0.15) is 10.4 Å². The van der Waals surface area contributed by atoms with Crippen LogP contribution in [0.25, 0.3) is 0 Å². The van der Waals surface area contributed by atoms with Crippen molar-refractivity contribution in [2.75, 3.05) is 13.7 Å². The number of nitriles is 1. The van der Waals surface area contributed by atoms with Crippen LogP contribution in [0.4, 0.5) is 0 Å². The van der Waals surface area contributed by atoms with Crippen molar-refractivity contribution in [3.8, 4) is 6.07 Å². The minimum atomic E-state index is 0.506. The lowest BCUT2D eigenvalue weighted by Crippen LogP contribution is -2.49. The second-order valence-corrected chi connectivity index (χ2v) is 11.8. The standard InChI is InChI=1S/C27H41N3O/c1-18(15-30-16-20(13-28)14-29-30)25-8-9-26-24-7-5-21-12-19(17-31-3)4-6-22(21)23(24)10-11-27(25,26)2/h14,16,18-19,21-26H,4-12,15,17H2,1-3H3/t18-,19+,21-,22+,23?,24-,25?,26?,27-/m1/s1. The molecule has 1 aromatic rings. The third-order valence-corrected chi connectivity index (χ3v) is 10.5. The monoisotopic (exact) mass is 423 g/mol. The third-order valence-electron chi connectivity index (χ3n) is 10.5. The Bertz CT molecular complexity index is 812. The van der Waals surface area contributed by atoms with Gasteiger partial charge in [-0.15, -0.1) is 0 Å². The molecule has 0 bridgehead atoms. The number of rotatable bonds is 5. The summed E-state index contributed by atoms with van der Waals surface area (Å²) in [7, 11) is 1.87. The van der Waals surface area contributed by atoms with Crippen LogP contribution in [0.15, 0.2) is 12.4 Å². The van der Waals surface area contributed by atoms with Crippen LogP contribution in [0.2, 0.25) is 0 Å². The first-order valence-electron chi connectivity index (χ1n) is 12.9. The maximum atomic E-state index is 9.12. The predicted molar refractivity (Wildman–Crippen MR) is 122 cm³/mol. The van der Waals surface area contributed by atoms with Crippen molar-refractivity contribution in [2.45, 2.75) is 78.2 Å². The van der Waals surface area contributed by atoms with E-state index in [-0.39, 0.29) is 0 Å². The largest absolute Gasteiger partial charge is 0.384 e. The quantitative estimate of drug-likeness (QED) is 0.590. The maximum Gasteiger partial charge on any atom is 0.102 e. The van der Waals surface area contributed by atoms with Crippen molar-refractivity contribution in [1.29, 1.82) is 5.26 Å². The molecule has 0 amide bonds. The summed E-state index contributed by atoms with van der Waals surface area (Å²) in [5.74, 6) is 7.12. The number of nitrogens with zero attached hydrogens (tertiary/aromatic N) is 3. The van der Waals surface area contributed by atoms with E-state index < -0.39 is 0 Å². The van der Waals surface area contributed by atoms with Crippen molar-refractivity contribution in [3.05, 3.63) is 18.0 Å². The van der Waals surface area contributed by atoms with Gasteiger partial charge in [-0.25, -0.2) is 0 Å². The minimum absolute atomic E-state index is 0.506. The number of ether oxygens (including phenoxy) is 1. The van der Waals surface area contributed by atoms with Gasteiger partial charge in [0.05, 0.1) is 11.8 Å². The molecule has 4 fully saturated rings. The molecule has 9 atom stereocenters. The molecule has 3 unspecified atom stereocenters. The molecule has 0 radical (unpaired) electrons. The average Bonchev–Trinajstić information content (AvgIpc) is 3.37. The zero-order valence-electron chi connectivity index (χ0n) is 19.8. The Morgan fingerprint density at radius 2 is 2.00 bits per heavy atom. The first kappa shape index (κ1) is 21.5. The number of aromatic nitrogens is 2. The fourth-order valence-corrected chi connectivity index (χ4v) is 9.26. The van der Waals surface area contributed by atoms with Crippen molar-refractivity contribution in [1.82, 2.24) is 9.78 Å². The highest BCUT2D eigenvalue weighted by molar-refractivity contribution is 5.21. The van der Waals surface area contributed by atoms with E-state index in [9.17, 15) is 0 Å². The van der Waals surface area contributed by atoms with Crippen LogP contribution in [0.5, 0.6) is 0 Å². The van der Waals surface area contributed by atoms with Crippen molar-refractivity contribution in [2.24, 2.45) is 52.8 Å². The number of fused-ring (bicyclic) bond motifs is 5. The molecule has 0 saturated heterocycles. The lowest BCUT2D eigenvalue weighted by atomic mass is 9.49. The van der Waals surface area contributed by atoms with Crippen LogP contribution in [0.3, 0.4) is 0 Å². The van der Waals surface area contributed by atoms with E-state index in [4.69, 9.17) is 10.00 Å². The highest BCUT2D eigenvalue weighted by Crippen LogP contribution is 2.65. The van der Waals surface area contributed by atoms with Gasteiger partial charge in [0.1, 0.15) is 6.07 Å². The first-order chi connectivity index (χ1) is 15.0. The van der Waals surface area contributed by atoms with Gasteiger partial charge in [-0.3, -0.25) is 4.68 Å². The van der Waals surface area contributed by atoms with Gasteiger partial charge in [0.15, 0.2) is 0 Å². The molecule has 0 N–H and O–H groups in total. The SMILES string of the molecule is COC[C@H]1CC[C@@H]2C3CC[C@@]4(C)C(CCC4[C@H](C)Cn4cc(C#N)cn4)[C@@H]3CC[C@@H]2C1. The molecule has 5 rings (SSSR count). The van der Waals surface area contributed by atoms with E-state index >= 15 is 0 Å². The molecule has 4 nitrogen and oxygen atoms in total. The van der Waals surface area contributed by atoms with Gasteiger partial charge < -0.3 is 4.74 Å². The van der Waals surface area contributed by atoms with Crippen molar-refractivity contribution in [3.63, 3.8) is 0 Å². The Morgan fingerprint density at radius 3 is 2.77 bits per heavy atom. The Kier molecular flexibility index (Phi) is 5.93. The topological polar surface area (TPSA) is 50.8 Å². The Labute approximate surface area is 188 Å². The van der Waals surface area contributed by atoms with Crippen LogP contribution in [-0.4, -0.2) is 23.5 Å². The highest BCUT2D eigenvalue weighted by Gasteiger charge is 2.57. The molecule has 4 saturated carbocycles. The molecule has 1 aromatic heterocycles. The molecular weight excluding hydrogens is 382 g/mol. The summed E-state index contributed by atoms with van der Waals surface area (Å²) >= 11 is 0. The van der Waals surface area contributed by atoms with Crippen LogP contribution >= 0.6 is 0 Å². The second-order valence-electron chi connectivity index (χ2n) is 11.8. The summed E-state index contributed by atoms with van der Waals surface area (Å²) in [5, 5.41) is 13.6. The lowest BCUT2D eigenvalue weighted by molar-refractivity contribution is -0.0777. The molecule has 4 heteroatoms. The van der Waals surface area contributed by atoms with Gasteiger partial charge in [0.2, 0.25) is 0 Å². The van der Waals surface area contributed by atoms with E-state index in [1.165, 1.54) is 57.8 Å². The smallest absolute Gasteiger partial charge is 0.102 e. The second kappa shape index (κ2) is 8.54. The predicted octanol–water partition coefficient (Wildman–Crippen LogP) is 5.92. The van der Waals surface area contributed by atoms with Crippen LogP contribution in [-0.2, 0) is 11.3 Å². The molecule has 1 heterocycles. The normalized spacial score (nSPS) is 42.8. The minimum Gasteiger partial charge on any atom is -0.384 e. The van der Waals surface area contributed by atoms with Crippen molar-refractivity contribution < 1.29 is 4.74 Å². The van der Waals surface area contributed by atoms with Gasteiger partial charge in [0, 0.05) is 26.5 Å². The maximum absolute atomic E-state index is 9.12. The van der Waals surface area contributed by atoms with E-state index in [0.717, 1.165) is 54.6 Å². The number of hydrogen-bond acceptors (Lipinski definition) is 3. The average molecular weight is 424 g/mol. The van der Waals surface area contributed by atoms with Crippen LogP contribution in [0.1, 0.15) is 77.2 Å². The van der Waals surface area contributed by atoms with E-state index in [1.807, 2.05) is 18.0 Å². The van der Waals surface area contributed by atoms with Crippen LogP contribution in [0, 0.1) is 64.1 Å². The van der Waals surface area contributed by atoms with Gasteiger partial charge in [-0.05, 0) is 111 Å². The zero-order valence-corrected chi connectivity index (χ0v) is 19.8. The van der Waals surface area contributed by atoms with Crippen LogP contribution < -0.4 is 0 Å². The van der Waals surface area contributed by atoms with Gasteiger partial charge in [-0.1, -0.05) is 13.8 Å². The molecule has 0 aromatic carbocycles. The Morgan fingerprint density at radius 1 is 1.16 bits per heavy atom. The van der Waals surface area contributed by atoms with E-state index in [0.29, 0.717) is 16.9 Å². The van der Waals surface area contributed by atoms with E-state index in [2.05, 4.69) is 25.0 Å². The molecule has 170 valence electrons. The Balaban J connectivity index is 1.27. The lowest BCUT2D eigenvalue weighted by Gasteiger charge is -2.57. The van der Waals surface area contributed by atoms with E-state index in [1.54, 1.807) is 6.20 Å². The highest BCUT2D eigenvalue weighted by atomic mass is 16.5. The third kappa shape index (κ3) is 3.75. The molecule has 31 heavy (non-hydrogen) atoms. The summed E-state index contributed by atoms with van der Waals surface area (Å²) in [4.78, 5) is 0. The summed E-state index contributed by atoms with van der Waals surface area (Å²) in [5.41, 5.74) is 1.19.